The zero-order valence-electron chi connectivity index (χ0n) is 16.4. The van der Waals surface area contributed by atoms with Crippen LogP contribution in [0.5, 0.6) is 5.75 Å². The molecule has 0 saturated carbocycles. The lowest BCUT2D eigenvalue weighted by atomic mass is 10.2. The highest BCUT2D eigenvalue weighted by Gasteiger charge is 2.35. The van der Waals surface area contributed by atoms with Crippen LogP contribution in [0.2, 0.25) is 5.02 Å². The second-order valence-electron chi connectivity index (χ2n) is 6.76. The Kier molecular flexibility index (Phi) is 6.64. The van der Waals surface area contributed by atoms with Crippen molar-refractivity contribution in [1.82, 2.24) is 4.31 Å². The molecule has 2 aromatic rings. The molecule has 2 aromatic carbocycles. The van der Waals surface area contributed by atoms with E-state index in [1.165, 1.54) is 12.0 Å². The molecule has 0 fully saturated rings. The van der Waals surface area contributed by atoms with Gasteiger partial charge < -0.3 is 14.4 Å². The Morgan fingerprint density at radius 3 is 2.50 bits per heavy atom. The number of anilines is 1. The summed E-state index contributed by atoms with van der Waals surface area (Å²) in [6.45, 7) is -0.473. The van der Waals surface area contributed by atoms with E-state index in [1.54, 1.807) is 48.5 Å². The summed E-state index contributed by atoms with van der Waals surface area (Å²) in [5.41, 5.74) is 1.15. The third-order valence-electron chi connectivity index (χ3n) is 4.59. The number of esters is 1. The van der Waals surface area contributed by atoms with Crippen molar-refractivity contribution >= 4 is 39.2 Å². The lowest BCUT2D eigenvalue weighted by Crippen LogP contribution is -2.50. The normalized spacial score (nSPS) is 16.0. The first kappa shape index (κ1) is 22.1. The molecule has 0 aliphatic carbocycles. The van der Waals surface area contributed by atoms with Gasteiger partial charge in [0.25, 0.3) is 0 Å². The highest BCUT2D eigenvalue weighted by atomic mass is 35.5. The van der Waals surface area contributed by atoms with Crippen molar-refractivity contribution in [3.8, 4) is 5.75 Å². The maximum absolute atomic E-state index is 13.1. The van der Waals surface area contributed by atoms with Crippen LogP contribution < -0.4 is 9.64 Å². The fraction of sp³-hybridized carbons (Fsp3) is 0.300. The molecule has 0 unspecified atom stereocenters. The molecular weight excluding hydrogens is 432 g/mol. The lowest BCUT2D eigenvalue weighted by Gasteiger charge is -2.34. The summed E-state index contributed by atoms with van der Waals surface area (Å²) < 4.78 is 36.1. The highest BCUT2D eigenvalue weighted by Crippen LogP contribution is 2.33. The van der Waals surface area contributed by atoms with Crippen LogP contribution in [0.1, 0.15) is 5.56 Å². The van der Waals surface area contributed by atoms with Crippen molar-refractivity contribution in [3.63, 3.8) is 0 Å². The SMILES string of the molecule is COC(=O)[C@H]1CN(C(=O)CN(Cc2ccc(Cl)cc2)S(C)(=O)=O)c2ccccc2O1. The zero-order chi connectivity index (χ0) is 21.9. The van der Waals surface area contributed by atoms with Gasteiger partial charge in [-0.05, 0) is 29.8 Å². The fourth-order valence-electron chi connectivity index (χ4n) is 3.04. The molecule has 0 aromatic heterocycles. The first-order valence-corrected chi connectivity index (χ1v) is 11.2. The summed E-state index contributed by atoms with van der Waals surface area (Å²) in [5, 5.41) is 0.527. The first-order valence-electron chi connectivity index (χ1n) is 9.02. The smallest absolute Gasteiger partial charge is 0.348 e. The van der Waals surface area contributed by atoms with Crippen molar-refractivity contribution in [3.05, 3.63) is 59.1 Å². The molecule has 10 heteroatoms. The van der Waals surface area contributed by atoms with E-state index in [-0.39, 0.29) is 13.1 Å². The topological polar surface area (TPSA) is 93.2 Å². The summed E-state index contributed by atoms with van der Waals surface area (Å²) in [5.74, 6) is -0.765. The molecule has 0 radical (unpaired) electrons. The van der Waals surface area contributed by atoms with Gasteiger partial charge in [0, 0.05) is 11.6 Å². The van der Waals surface area contributed by atoms with Crippen LogP contribution in [-0.4, -0.2) is 57.2 Å². The Bertz CT molecular complexity index is 1040. The molecule has 0 saturated heterocycles. The number of rotatable bonds is 6. The molecule has 0 N–H and O–H groups in total. The summed E-state index contributed by atoms with van der Waals surface area (Å²) in [6.07, 6.45) is 0.0394. The van der Waals surface area contributed by atoms with E-state index in [2.05, 4.69) is 0 Å². The molecule has 1 amide bonds. The number of carbonyl (C=O) groups excluding carboxylic acids is 2. The summed E-state index contributed by atoms with van der Waals surface area (Å²) in [4.78, 5) is 26.5. The Morgan fingerprint density at radius 2 is 1.87 bits per heavy atom. The Balaban J connectivity index is 1.85. The standard InChI is InChI=1S/C20H21ClN2O6S/c1-28-20(25)18-12-23(16-5-3-4-6-17(16)29-18)19(24)13-22(30(2,26)27)11-14-7-9-15(21)10-8-14/h3-10,18H,11-13H2,1-2H3/t18-/m1/s1. The summed E-state index contributed by atoms with van der Waals surface area (Å²) in [7, 11) is -2.46. The molecule has 0 spiro atoms. The number of ether oxygens (including phenoxy) is 2. The zero-order valence-corrected chi connectivity index (χ0v) is 18.0. The van der Waals surface area contributed by atoms with Crippen molar-refractivity contribution in [2.45, 2.75) is 12.6 Å². The van der Waals surface area contributed by atoms with Gasteiger partial charge in [0.15, 0.2) is 0 Å². The van der Waals surface area contributed by atoms with Gasteiger partial charge in [-0.15, -0.1) is 0 Å². The van der Waals surface area contributed by atoms with E-state index in [1.807, 2.05) is 0 Å². The number of amides is 1. The number of hydrogen-bond donors (Lipinski definition) is 0. The molecular formula is C20H21ClN2O6S. The van der Waals surface area contributed by atoms with E-state index >= 15 is 0 Å². The van der Waals surface area contributed by atoms with Gasteiger partial charge in [0.1, 0.15) is 5.75 Å². The summed E-state index contributed by atoms with van der Waals surface area (Å²) >= 11 is 5.88. The van der Waals surface area contributed by atoms with E-state index in [4.69, 9.17) is 21.1 Å². The third-order valence-corrected chi connectivity index (χ3v) is 6.04. The van der Waals surface area contributed by atoms with Gasteiger partial charge in [0.2, 0.25) is 22.0 Å². The minimum atomic E-state index is -3.69. The summed E-state index contributed by atoms with van der Waals surface area (Å²) in [6, 6.07) is 13.4. The van der Waals surface area contributed by atoms with Crippen LogP contribution >= 0.6 is 11.6 Å². The second kappa shape index (κ2) is 9.03. The number of nitrogens with zero attached hydrogens (tertiary/aromatic N) is 2. The molecule has 0 bridgehead atoms. The Hall–Kier alpha value is -2.62. The number of fused-ring (bicyclic) bond motifs is 1. The first-order chi connectivity index (χ1) is 14.2. The monoisotopic (exact) mass is 452 g/mol. The molecule has 3 rings (SSSR count). The second-order valence-corrected chi connectivity index (χ2v) is 9.18. The molecule has 1 heterocycles. The number of benzene rings is 2. The molecule has 8 nitrogen and oxygen atoms in total. The predicted octanol–water partition coefficient (Wildman–Crippen LogP) is 2.07. The van der Waals surface area contributed by atoms with E-state index in [0.717, 1.165) is 10.6 Å². The van der Waals surface area contributed by atoms with E-state index in [0.29, 0.717) is 22.0 Å². The maximum atomic E-state index is 13.1. The number of hydrogen-bond acceptors (Lipinski definition) is 6. The van der Waals surface area contributed by atoms with Crippen molar-refractivity contribution < 1.29 is 27.5 Å². The van der Waals surface area contributed by atoms with Gasteiger partial charge in [-0.2, -0.15) is 4.31 Å². The van der Waals surface area contributed by atoms with E-state index < -0.39 is 34.5 Å². The van der Waals surface area contributed by atoms with Crippen LogP contribution in [0.25, 0.3) is 0 Å². The van der Waals surface area contributed by atoms with Crippen LogP contribution in [0, 0.1) is 0 Å². The maximum Gasteiger partial charge on any atom is 0.348 e. The van der Waals surface area contributed by atoms with Crippen molar-refractivity contribution in [1.29, 1.82) is 0 Å². The Morgan fingerprint density at radius 1 is 1.20 bits per heavy atom. The minimum absolute atomic E-state index is 0.00809. The van der Waals surface area contributed by atoms with Crippen molar-refractivity contribution in [2.24, 2.45) is 0 Å². The average molecular weight is 453 g/mol. The van der Waals surface area contributed by atoms with Gasteiger partial charge in [-0.3, -0.25) is 4.79 Å². The quantitative estimate of drug-likeness (QED) is 0.623. The minimum Gasteiger partial charge on any atom is -0.475 e. The third kappa shape index (κ3) is 5.10. The van der Waals surface area contributed by atoms with Crippen LogP contribution in [0.15, 0.2) is 48.5 Å². The number of para-hydroxylation sites is 2. The number of methoxy groups -OCH3 is 1. The molecule has 160 valence electrons. The fourth-order valence-corrected chi connectivity index (χ4v) is 3.90. The van der Waals surface area contributed by atoms with Gasteiger partial charge in [-0.25, -0.2) is 13.2 Å². The largest absolute Gasteiger partial charge is 0.475 e. The lowest BCUT2D eigenvalue weighted by molar-refractivity contribution is -0.148. The van der Waals surface area contributed by atoms with Crippen LogP contribution in [0.3, 0.4) is 0 Å². The predicted molar refractivity (Wildman–Crippen MR) is 112 cm³/mol. The average Bonchev–Trinajstić information content (AvgIpc) is 2.72. The molecule has 1 aliphatic rings. The van der Waals surface area contributed by atoms with Gasteiger partial charge >= 0.3 is 5.97 Å². The molecule has 1 aliphatic heterocycles. The van der Waals surface area contributed by atoms with Gasteiger partial charge in [-0.1, -0.05) is 35.9 Å². The highest BCUT2D eigenvalue weighted by molar-refractivity contribution is 7.88. The van der Waals surface area contributed by atoms with Crippen LogP contribution in [0.4, 0.5) is 5.69 Å². The Labute approximate surface area is 180 Å². The van der Waals surface area contributed by atoms with Crippen molar-refractivity contribution in [2.75, 3.05) is 31.4 Å². The van der Waals surface area contributed by atoms with E-state index in [9.17, 15) is 18.0 Å². The number of halogens is 1. The number of sulfonamides is 1. The van der Waals surface area contributed by atoms with Gasteiger partial charge in [0.05, 0.1) is 32.1 Å². The molecule has 1 atom stereocenters. The molecule has 30 heavy (non-hydrogen) atoms. The number of carbonyl (C=O) groups is 2. The van der Waals surface area contributed by atoms with Crippen LogP contribution in [-0.2, 0) is 30.9 Å².